The van der Waals surface area contributed by atoms with Crippen LogP contribution in [-0.2, 0) is 6.54 Å². The number of aromatic nitrogens is 1. The zero-order chi connectivity index (χ0) is 15.6. The van der Waals surface area contributed by atoms with Gasteiger partial charge in [-0.1, -0.05) is 0 Å². The molecule has 20 heavy (non-hydrogen) atoms. The van der Waals surface area contributed by atoms with Crippen LogP contribution in [0, 0.1) is 0 Å². The van der Waals surface area contributed by atoms with Crippen LogP contribution >= 0.6 is 0 Å². The van der Waals surface area contributed by atoms with E-state index >= 15 is 0 Å². The van der Waals surface area contributed by atoms with Gasteiger partial charge in [-0.25, -0.2) is 0 Å². The van der Waals surface area contributed by atoms with E-state index in [0.29, 0.717) is 4.57 Å². The molecule has 0 radical (unpaired) electrons. The van der Waals surface area contributed by atoms with Gasteiger partial charge in [-0.05, 0) is 12.1 Å². The minimum atomic E-state index is -4.92. The molecule has 0 aliphatic heterocycles. The quantitative estimate of drug-likeness (QED) is 0.832. The second-order valence-electron chi connectivity index (χ2n) is 3.90. The Kier molecular flexibility index (Phi) is 4.69. The second-order valence-corrected chi connectivity index (χ2v) is 3.90. The average Bonchev–Trinajstić information content (AvgIpc) is 2.69. The van der Waals surface area contributed by atoms with Gasteiger partial charge in [-0.15, -0.1) is 0 Å². The molecular weight excluding hydrogens is 294 g/mol. The van der Waals surface area contributed by atoms with Gasteiger partial charge in [0, 0.05) is 6.20 Å². The summed E-state index contributed by atoms with van der Waals surface area (Å²) in [7, 11) is 0. The molecule has 114 valence electrons. The van der Waals surface area contributed by atoms with Crippen molar-refractivity contribution in [2.45, 2.75) is 25.0 Å². The van der Waals surface area contributed by atoms with Crippen molar-refractivity contribution in [2.75, 3.05) is 6.54 Å². The Morgan fingerprint density at radius 1 is 1.30 bits per heavy atom. The highest BCUT2D eigenvalue weighted by Crippen LogP contribution is 2.20. The van der Waals surface area contributed by atoms with Crippen molar-refractivity contribution >= 4 is 5.91 Å². The molecule has 0 aliphatic carbocycles. The van der Waals surface area contributed by atoms with Crippen LogP contribution in [0.5, 0.6) is 0 Å². The smallest absolute Gasteiger partial charge is 0.382 e. The van der Waals surface area contributed by atoms with Gasteiger partial charge in [-0.3, -0.25) is 4.79 Å². The SMILES string of the molecule is O=C(NCC(O)C(F)(F)F)c1cccn1CC(F)(F)F. The third-order valence-electron chi connectivity index (χ3n) is 2.25. The first kappa shape index (κ1) is 16.3. The van der Waals surface area contributed by atoms with E-state index in [0.717, 1.165) is 18.3 Å². The number of aliphatic hydroxyl groups is 1. The normalized spacial score (nSPS) is 14.2. The van der Waals surface area contributed by atoms with Crippen LogP contribution in [0.3, 0.4) is 0 Å². The third kappa shape index (κ3) is 4.76. The number of alkyl halides is 6. The van der Waals surface area contributed by atoms with Crippen molar-refractivity contribution in [3.05, 3.63) is 24.0 Å². The van der Waals surface area contributed by atoms with Gasteiger partial charge < -0.3 is 15.0 Å². The van der Waals surface area contributed by atoms with Gasteiger partial charge in [-0.2, -0.15) is 26.3 Å². The lowest BCUT2D eigenvalue weighted by Crippen LogP contribution is -2.41. The highest BCUT2D eigenvalue weighted by molar-refractivity contribution is 5.92. The molecule has 0 spiro atoms. The molecule has 0 saturated carbocycles. The largest absolute Gasteiger partial charge is 0.416 e. The van der Waals surface area contributed by atoms with Crippen molar-refractivity contribution in [3.8, 4) is 0 Å². The number of carbonyl (C=O) groups is 1. The summed E-state index contributed by atoms with van der Waals surface area (Å²) < 4.78 is 73.1. The summed E-state index contributed by atoms with van der Waals surface area (Å²) >= 11 is 0. The molecule has 1 unspecified atom stereocenters. The van der Waals surface area contributed by atoms with Gasteiger partial charge in [0.25, 0.3) is 5.91 Å². The fraction of sp³-hybridized carbons (Fsp3) is 0.500. The Hall–Kier alpha value is -1.71. The molecule has 0 fully saturated rings. The fourth-order valence-electron chi connectivity index (χ4n) is 1.35. The molecular formula is C10H10F6N2O2. The van der Waals surface area contributed by atoms with Crippen LogP contribution in [0.15, 0.2) is 18.3 Å². The van der Waals surface area contributed by atoms with E-state index in [1.165, 1.54) is 0 Å². The van der Waals surface area contributed by atoms with E-state index in [9.17, 15) is 31.1 Å². The van der Waals surface area contributed by atoms with Crippen LogP contribution < -0.4 is 5.32 Å². The molecule has 1 atom stereocenters. The first-order valence-electron chi connectivity index (χ1n) is 5.25. The van der Waals surface area contributed by atoms with Crippen LogP contribution in [0.1, 0.15) is 10.5 Å². The molecule has 1 rings (SSSR count). The highest BCUT2D eigenvalue weighted by atomic mass is 19.4. The minimum Gasteiger partial charge on any atom is -0.382 e. The van der Waals surface area contributed by atoms with Crippen LogP contribution in [-0.4, -0.2) is 40.6 Å². The Balaban J connectivity index is 2.68. The molecule has 0 saturated heterocycles. The predicted octanol–water partition coefficient (Wildman–Crippen LogP) is 1.70. The fourth-order valence-corrected chi connectivity index (χ4v) is 1.35. The number of hydrogen-bond acceptors (Lipinski definition) is 2. The minimum absolute atomic E-state index is 0.448. The van der Waals surface area contributed by atoms with E-state index in [-0.39, 0.29) is 0 Å². The van der Waals surface area contributed by atoms with Crippen molar-refractivity contribution in [2.24, 2.45) is 0 Å². The summed E-state index contributed by atoms with van der Waals surface area (Å²) in [6.45, 7) is -2.58. The summed E-state index contributed by atoms with van der Waals surface area (Å²) in [5.74, 6) is -1.14. The maximum Gasteiger partial charge on any atom is 0.416 e. The van der Waals surface area contributed by atoms with Gasteiger partial charge in [0.1, 0.15) is 12.2 Å². The number of nitrogens with zero attached hydrogens (tertiary/aromatic N) is 1. The number of amides is 1. The zero-order valence-electron chi connectivity index (χ0n) is 9.79. The van der Waals surface area contributed by atoms with E-state index in [2.05, 4.69) is 0 Å². The number of rotatable bonds is 4. The van der Waals surface area contributed by atoms with Crippen LogP contribution in [0.25, 0.3) is 0 Å². The van der Waals surface area contributed by atoms with Crippen LogP contribution in [0.2, 0.25) is 0 Å². The molecule has 0 aromatic carbocycles. The molecule has 0 bridgehead atoms. The highest BCUT2D eigenvalue weighted by Gasteiger charge is 2.38. The van der Waals surface area contributed by atoms with E-state index in [1.54, 1.807) is 5.32 Å². The Morgan fingerprint density at radius 3 is 2.40 bits per heavy atom. The molecule has 1 aromatic heterocycles. The Labute approximate surface area is 109 Å². The Bertz CT molecular complexity index is 465. The molecule has 0 aliphatic rings. The summed E-state index contributed by atoms with van der Waals surface area (Å²) in [6.07, 6.45) is -11.3. The molecule has 1 amide bonds. The van der Waals surface area contributed by atoms with Crippen LogP contribution in [0.4, 0.5) is 26.3 Å². The number of carbonyl (C=O) groups excluding carboxylic acids is 1. The maximum atomic E-state index is 12.2. The van der Waals surface area contributed by atoms with Crippen molar-refractivity contribution in [1.29, 1.82) is 0 Å². The Morgan fingerprint density at radius 2 is 1.90 bits per heavy atom. The first-order valence-corrected chi connectivity index (χ1v) is 5.25. The van der Waals surface area contributed by atoms with E-state index in [1.807, 2.05) is 0 Å². The van der Waals surface area contributed by atoms with E-state index in [4.69, 9.17) is 5.11 Å². The van der Waals surface area contributed by atoms with Gasteiger partial charge in [0.05, 0.1) is 6.54 Å². The first-order chi connectivity index (χ1) is 9.00. The monoisotopic (exact) mass is 304 g/mol. The number of halogens is 6. The summed E-state index contributed by atoms with van der Waals surface area (Å²) in [4.78, 5) is 11.5. The molecule has 1 heterocycles. The number of hydrogen-bond donors (Lipinski definition) is 2. The molecule has 10 heteroatoms. The summed E-state index contributed by atoms with van der Waals surface area (Å²) in [5, 5.41) is 10.4. The van der Waals surface area contributed by atoms with Crippen molar-refractivity contribution in [1.82, 2.24) is 9.88 Å². The maximum absolute atomic E-state index is 12.2. The standard InChI is InChI=1S/C10H10F6N2O2/c11-9(12,13)5-18-3-1-2-6(18)8(20)17-4-7(19)10(14,15)16/h1-3,7,19H,4-5H2,(H,17,20). The molecule has 2 N–H and O–H groups in total. The van der Waals surface area contributed by atoms with E-state index < -0.39 is 43.1 Å². The molecule has 1 aromatic rings. The topological polar surface area (TPSA) is 54.3 Å². The van der Waals surface area contributed by atoms with Gasteiger partial charge >= 0.3 is 12.4 Å². The lowest BCUT2D eigenvalue weighted by molar-refractivity contribution is -0.201. The van der Waals surface area contributed by atoms with Crippen molar-refractivity contribution < 1.29 is 36.2 Å². The lowest BCUT2D eigenvalue weighted by atomic mass is 10.3. The number of aliphatic hydroxyl groups excluding tert-OH is 1. The zero-order valence-corrected chi connectivity index (χ0v) is 9.79. The predicted molar refractivity (Wildman–Crippen MR) is 54.9 cm³/mol. The second kappa shape index (κ2) is 5.73. The summed E-state index contributed by atoms with van der Waals surface area (Å²) in [5.41, 5.74) is -0.448. The van der Waals surface area contributed by atoms with Crippen molar-refractivity contribution in [3.63, 3.8) is 0 Å². The summed E-state index contributed by atoms with van der Waals surface area (Å²) in [6, 6.07) is 2.18. The van der Waals surface area contributed by atoms with Gasteiger partial charge in [0.15, 0.2) is 6.10 Å². The lowest BCUT2D eigenvalue weighted by Gasteiger charge is -2.16. The average molecular weight is 304 g/mol. The molecule has 4 nitrogen and oxygen atoms in total. The number of nitrogens with one attached hydrogen (secondary N) is 1. The third-order valence-corrected chi connectivity index (χ3v) is 2.25. The van der Waals surface area contributed by atoms with Gasteiger partial charge in [0.2, 0.25) is 0 Å².